The molecule has 0 atom stereocenters. The summed E-state index contributed by atoms with van der Waals surface area (Å²) in [6.45, 7) is 22.6. The summed E-state index contributed by atoms with van der Waals surface area (Å²) in [4.78, 5) is 10.7. The number of benzene rings is 9. The number of ether oxygens (including phenoxy) is 1. The van der Waals surface area contributed by atoms with Gasteiger partial charge in [0.2, 0.25) is 5.82 Å². The first-order valence-electron chi connectivity index (χ1n) is 28.6. The van der Waals surface area contributed by atoms with Crippen molar-refractivity contribution in [3.8, 4) is 39.6 Å². The van der Waals surface area contributed by atoms with Crippen LogP contribution in [0.25, 0.3) is 49.9 Å². The third kappa shape index (κ3) is 10.8. The Labute approximate surface area is 514 Å². The van der Waals surface area contributed by atoms with Crippen LogP contribution in [0.2, 0.25) is 0 Å². The number of rotatable bonds is 12. The van der Waals surface area contributed by atoms with Crippen molar-refractivity contribution >= 4 is 61.6 Å². The Morgan fingerprint density at radius 2 is 1.07 bits per heavy atom. The van der Waals surface area contributed by atoms with Crippen molar-refractivity contribution < 1.29 is 47.8 Å². The van der Waals surface area contributed by atoms with Gasteiger partial charge in [0.15, 0.2) is 23.3 Å². The molecule has 1 aliphatic rings. The van der Waals surface area contributed by atoms with Gasteiger partial charge in [-0.1, -0.05) is 171 Å². The molecular weight excluding hydrogens is 1260 g/mol. The summed E-state index contributed by atoms with van der Waals surface area (Å²) in [6.07, 6.45) is 1.84. The molecule has 9 aromatic carbocycles. The number of aromatic nitrogens is 2. The molecule has 0 radical (unpaired) electrons. The average molecular weight is 1330 g/mol. The fourth-order valence-electron chi connectivity index (χ4n) is 11.3. The zero-order valence-corrected chi connectivity index (χ0v) is 51.7. The molecule has 0 saturated carbocycles. The maximum absolute atomic E-state index is 16.8. The molecule has 6 nitrogen and oxygen atoms in total. The van der Waals surface area contributed by atoms with Crippen LogP contribution >= 0.6 is 0 Å². The summed E-state index contributed by atoms with van der Waals surface area (Å²) in [7, 11) is 0. The van der Waals surface area contributed by atoms with E-state index in [0.717, 1.165) is 55.7 Å². The average Bonchev–Trinajstić information content (AvgIpc) is 1.53. The number of nitrogens with zero attached hydrogens (tertiary/aromatic N) is 5. The summed E-state index contributed by atoms with van der Waals surface area (Å²) in [5.74, 6) is -8.57. The first kappa shape index (κ1) is 59.2. The van der Waals surface area contributed by atoms with E-state index in [1.165, 1.54) is 0 Å². The zero-order chi connectivity index (χ0) is 59.8. The Balaban J connectivity index is 0.00000768. The van der Waals surface area contributed by atoms with Crippen molar-refractivity contribution in [2.45, 2.75) is 91.9 Å². The van der Waals surface area contributed by atoms with Gasteiger partial charge in [0.1, 0.15) is 5.82 Å². The van der Waals surface area contributed by atoms with E-state index in [2.05, 4.69) is 106 Å². The van der Waals surface area contributed by atoms with Gasteiger partial charge in [-0.3, -0.25) is 0 Å². The Morgan fingerprint density at radius 3 is 1.67 bits per heavy atom. The fraction of sp³-hybridized carbons (Fsp3) is 0.189. The molecule has 2 aromatic heterocycles. The normalized spacial score (nSPS) is 12.6. The molecule has 12 heteroatoms. The van der Waals surface area contributed by atoms with Gasteiger partial charge in [0, 0.05) is 83.8 Å². The van der Waals surface area contributed by atoms with E-state index in [9.17, 15) is 0 Å². The van der Waals surface area contributed by atoms with E-state index >= 15 is 22.0 Å². The molecular formula is C74H63F5N5OPt-3. The summed E-state index contributed by atoms with van der Waals surface area (Å²) in [5.41, 5.74) is 8.98. The summed E-state index contributed by atoms with van der Waals surface area (Å²) in [5, 5.41) is 1.99. The van der Waals surface area contributed by atoms with Crippen LogP contribution in [0.1, 0.15) is 103 Å². The van der Waals surface area contributed by atoms with Crippen molar-refractivity contribution in [2.24, 2.45) is 0 Å². The molecule has 438 valence electrons. The van der Waals surface area contributed by atoms with Crippen LogP contribution in [-0.4, -0.2) is 9.55 Å². The number of halogens is 5. The second-order valence-corrected chi connectivity index (χ2v) is 24.4. The Morgan fingerprint density at radius 1 is 0.512 bits per heavy atom. The molecule has 0 saturated heterocycles. The quantitative estimate of drug-likeness (QED) is 0.0527. The van der Waals surface area contributed by atoms with Crippen LogP contribution < -0.4 is 19.4 Å². The van der Waals surface area contributed by atoms with E-state index in [4.69, 9.17) is 9.72 Å². The summed E-state index contributed by atoms with van der Waals surface area (Å²) in [6, 6.07) is 64.7. The molecule has 0 N–H and O–H groups in total. The van der Waals surface area contributed by atoms with Gasteiger partial charge in [0.25, 0.3) is 0 Å². The third-order valence-corrected chi connectivity index (χ3v) is 15.9. The number of pyridine rings is 1. The molecule has 3 heterocycles. The van der Waals surface area contributed by atoms with Gasteiger partial charge in [0.05, 0.1) is 5.56 Å². The molecule has 0 spiro atoms. The maximum atomic E-state index is 16.8. The molecule has 0 unspecified atom stereocenters. The van der Waals surface area contributed by atoms with E-state index in [1.807, 2.05) is 165 Å². The minimum Gasteiger partial charge on any atom is -0.509 e. The maximum Gasteiger partial charge on any atom is 0.200 e. The second kappa shape index (κ2) is 23.0. The molecule has 0 aliphatic carbocycles. The van der Waals surface area contributed by atoms with Gasteiger partial charge < -0.3 is 24.0 Å². The van der Waals surface area contributed by atoms with E-state index in [1.54, 1.807) is 17.6 Å². The van der Waals surface area contributed by atoms with Crippen LogP contribution in [0.5, 0.6) is 11.5 Å². The van der Waals surface area contributed by atoms with E-state index < -0.39 is 40.1 Å². The molecule has 86 heavy (non-hydrogen) atoms. The number of fused-ring (bicyclic) bond motifs is 4. The van der Waals surface area contributed by atoms with E-state index in [-0.39, 0.29) is 49.6 Å². The smallest absolute Gasteiger partial charge is 0.200 e. The molecule has 1 aliphatic heterocycles. The van der Waals surface area contributed by atoms with Crippen molar-refractivity contribution in [1.29, 1.82) is 0 Å². The van der Waals surface area contributed by atoms with Gasteiger partial charge in [-0.15, -0.1) is 42.4 Å². The first-order valence-corrected chi connectivity index (χ1v) is 28.6. The topological polar surface area (TPSA) is 36.8 Å². The summed E-state index contributed by atoms with van der Waals surface area (Å²) < 4.78 is 89.5. The van der Waals surface area contributed by atoms with Crippen LogP contribution in [0.3, 0.4) is 0 Å². The van der Waals surface area contributed by atoms with E-state index in [0.29, 0.717) is 50.9 Å². The Kier molecular flexibility index (Phi) is 15.9. The molecule has 0 fully saturated rings. The summed E-state index contributed by atoms with van der Waals surface area (Å²) >= 11 is 0. The molecule has 11 aromatic rings. The third-order valence-electron chi connectivity index (χ3n) is 15.9. The number of hydrogen-bond donors (Lipinski definition) is 0. The predicted octanol–water partition coefficient (Wildman–Crippen LogP) is 21.3. The van der Waals surface area contributed by atoms with Crippen LogP contribution in [0.4, 0.5) is 61.8 Å². The van der Waals surface area contributed by atoms with Crippen molar-refractivity contribution in [2.75, 3.05) is 14.7 Å². The van der Waals surface area contributed by atoms with Gasteiger partial charge in [-0.2, -0.15) is 6.07 Å². The van der Waals surface area contributed by atoms with Crippen LogP contribution in [-0.2, 0) is 31.9 Å². The standard InChI is InChI=1S/C74H63F5N5O.Pt/c1-44(2)46-33-47(45(3)4)35-48(34-46)59-36-50(74(8,9)10)37-60(66-67(75)69(77)71(79)70(78)68(66)76)72(59)82-43-81(62-27-19-20-28-63(62)82)53-39-54(83(51-21-13-11-14-22-51)52-23-15-12-16-24-52)41-56(40-53)85-55-29-30-58-57-25-17-18-26-61(57)84(64(58)42-55)65-38-49(31-32-80-65)73(5,6)7;/h11-39,41,43-45H,1-10H3;/q-3;. The molecule has 12 rings (SSSR count). The molecule has 0 bridgehead atoms. The van der Waals surface area contributed by atoms with Crippen LogP contribution in [0.15, 0.2) is 182 Å². The number of hydrogen-bond acceptors (Lipinski definition) is 5. The minimum absolute atomic E-state index is 0. The SMILES string of the molecule is CC(C)c1cc(-c2cc(C(C)(C)C)cc(-c3c(F)c(F)c(F)c(F)c3F)c2N2[CH-]N(c3[c-]c(Oc4[c-]c5c(cc4)c4ccccc4n5-c4cc(C(C)(C)C)ccn4)cc(N(c4ccccc4)c4ccccc4)c3)c3ccccc32)cc(C(C)C)c1.[Pt]. The number of anilines is 7. The predicted molar refractivity (Wildman–Crippen MR) is 335 cm³/mol. The van der Waals surface area contributed by atoms with Crippen molar-refractivity contribution in [1.82, 2.24) is 9.55 Å². The largest absolute Gasteiger partial charge is 0.509 e. The zero-order valence-electron chi connectivity index (χ0n) is 49.4. The van der Waals surface area contributed by atoms with Gasteiger partial charge in [-0.05, 0) is 123 Å². The fourth-order valence-corrected chi connectivity index (χ4v) is 11.3. The van der Waals surface area contributed by atoms with Crippen LogP contribution in [0, 0.1) is 47.9 Å². The van der Waals surface area contributed by atoms with Gasteiger partial charge >= 0.3 is 0 Å². The monoisotopic (exact) mass is 1330 g/mol. The van der Waals surface area contributed by atoms with Gasteiger partial charge in [-0.25, -0.2) is 26.9 Å². The van der Waals surface area contributed by atoms with Crippen molar-refractivity contribution in [3.05, 3.63) is 252 Å². The minimum atomic E-state index is -2.24. The number of para-hydroxylation sites is 5. The Bertz CT molecular complexity index is 4280. The van der Waals surface area contributed by atoms with Crippen molar-refractivity contribution in [3.63, 3.8) is 0 Å². The molecule has 0 amide bonds. The first-order chi connectivity index (χ1) is 40.6. The Hall–Kier alpha value is -8.53. The second-order valence-electron chi connectivity index (χ2n) is 24.4.